The minimum atomic E-state index is 0.527. The maximum Gasteiger partial charge on any atom is 0.231 e. The number of para-hydroxylation sites is 1. The molecular weight excluding hydrogens is 266 g/mol. The molecule has 0 spiro atoms. The Kier molecular flexibility index (Phi) is 3.55. The Morgan fingerprint density at radius 3 is 2.81 bits per heavy atom. The molecule has 3 aromatic rings. The molecule has 2 aromatic carbocycles. The SMILES string of the molecule is COc1ccccc1Cc1nc(-c2cccc(N)c2)no1. The number of rotatable bonds is 4. The number of benzene rings is 2. The fraction of sp³-hybridized carbons (Fsp3) is 0.125. The number of nitrogen functional groups attached to an aromatic ring is 1. The molecule has 0 saturated carbocycles. The van der Waals surface area contributed by atoms with Crippen LogP contribution in [-0.2, 0) is 6.42 Å². The number of anilines is 1. The molecule has 5 heteroatoms. The van der Waals surface area contributed by atoms with Crippen molar-refractivity contribution >= 4 is 5.69 Å². The van der Waals surface area contributed by atoms with Gasteiger partial charge in [-0.05, 0) is 18.2 Å². The second kappa shape index (κ2) is 5.66. The summed E-state index contributed by atoms with van der Waals surface area (Å²) in [7, 11) is 1.64. The first-order valence-corrected chi connectivity index (χ1v) is 6.56. The van der Waals surface area contributed by atoms with Gasteiger partial charge in [0.15, 0.2) is 0 Å². The van der Waals surface area contributed by atoms with Gasteiger partial charge in [0.2, 0.25) is 11.7 Å². The predicted molar refractivity (Wildman–Crippen MR) is 79.9 cm³/mol. The van der Waals surface area contributed by atoms with Crippen LogP contribution in [0, 0.1) is 0 Å². The number of methoxy groups -OCH3 is 1. The van der Waals surface area contributed by atoms with Gasteiger partial charge >= 0.3 is 0 Å². The van der Waals surface area contributed by atoms with E-state index in [0.29, 0.717) is 23.8 Å². The molecule has 106 valence electrons. The molecule has 0 saturated heterocycles. The lowest BCUT2D eigenvalue weighted by molar-refractivity contribution is 0.379. The molecule has 1 heterocycles. The molecule has 0 aliphatic rings. The van der Waals surface area contributed by atoms with Gasteiger partial charge in [0.25, 0.3) is 0 Å². The highest BCUT2D eigenvalue weighted by atomic mass is 16.5. The molecule has 0 atom stereocenters. The van der Waals surface area contributed by atoms with E-state index in [1.807, 2.05) is 48.5 Å². The third kappa shape index (κ3) is 2.86. The zero-order valence-electron chi connectivity index (χ0n) is 11.6. The number of nitrogens with zero attached hydrogens (tertiary/aromatic N) is 2. The summed E-state index contributed by atoms with van der Waals surface area (Å²) in [6, 6.07) is 15.2. The highest BCUT2D eigenvalue weighted by Crippen LogP contribution is 2.22. The zero-order valence-corrected chi connectivity index (χ0v) is 11.6. The molecule has 0 fully saturated rings. The van der Waals surface area contributed by atoms with Gasteiger partial charge in [-0.2, -0.15) is 4.98 Å². The van der Waals surface area contributed by atoms with Crippen molar-refractivity contribution in [3.05, 3.63) is 60.0 Å². The third-order valence-corrected chi connectivity index (χ3v) is 3.15. The Morgan fingerprint density at radius 1 is 1.14 bits per heavy atom. The average molecular weight is 281 g/mol. The van der Waals surface area contributed by atoms with Crippen LogP contribution in [-0.4, -0.2) is 17.3 Å². The second-order valence-electron chi connectivity index (χ2n) is 4.63. The molecule has 0 unspecified atom stereocenters. The molecule has 21 heavy (non-hydrogen) atoms. The van der Waals surface area contributed by atoms with E-state index in [2.05, 4.69) is 10.1 Å². The summed E-state index contributed by atoms with van der Waals surface area (Å²) in [5.74, 6) is 1.88. The van der Waals surface area contributed by atoms with Gasteiger partial charge in [0, 0.05) is 16.8 Å². The molecule has 0 radical (unpaired) electrons. The molecular formula is C16H15N3O2. The molecule has 1 aromatic heterocycles. The quantitative estimate of drug-likeness (QED) is 0.744. The lowest BCUT2D eigenvalue weighted by Crippen LogP contribution is -1.93. The lowest BCUT2D eigenvalue weighted by atomic mass is 10.1. The maximum absolute atomic E-state index is 5.76. The van der Waals surface area contributed by atoms with Gasteiger partial charge in [-0.1, -0.05) is 35.5 Å². The van der Waals surface area contributed by atoms with Gasteiger partial charge in [-0.3, -0.25) is 0 Å². The molecule has 3 rings (SSSR count). The number of ether oxygens (including phenoxy) is 1. The lowest BCUT2D eigenvalue weighted by Gasteiger charge is -2.04. The van der Waals surface area contributed by atoms with Crippen LogP contribution in [0.3, 0.4) is 0 Å². The van der Waals surface area contributed by atoms with Crippen LogP contribution in [0.4, 0.5) is 5.69 Å². The van der Waals surface area contributed by atoms with Crippen molar-refractivity contribution in [3.63, 3.8) is 0 Å². The number of aromatic nitrogens is 2. The minimum absolute atomic E-state index is 0.527. The Bertz CT molecular complexity index is 753. The van der Waals surface area contributed by atoms with Crippen molar-refractivity contribution in [1.29, 1.82) is 0 Å². The van der Waals surface area contributed by atoms with Gasteiger partial charge in [0.1, 0.15) is 5.75 Å². The van der Waals surface area contributed by atoms with Gasteiger partial charge in [0.05, 0.1) is 13.5 Å². The second-order valence-corrected chi connectivity index (χ2v) is 4.63. The van der Waals surface area contributed by atoms with Crippen molar-refractivity contribution < 1.29 is 9.26 Å². The van der Waals surface area contributed by atoms with E-state index < -0.39 is 0 Å². The van der Waals surface area contributed by atoms with Crippen LogP contribution in [0.1, 0.15) is 11.5 Å². The number of hydrogen-bond acceptors (Lipinski definition) is 5. The standard InChI is InChI=1S/C16H15N3O2/c1-20-14-8-3-2-5-11(14)10-15-18-16(19-21-15)12-6-4-7-13(17)9-12/h2-9H,10,17H2,1H3. The fourth-order valence-electron chi connectivity index (χ4n) is 2.13. The van der Waals surface area contributed by atoms with Crippen LogP contribution >= 0.6 is 0 Å². The minimum Gasteiger partial charge on any atom is -0.496 e. The zero-order chi connectivity index (χ0) is 14.7. The Labute approximate surface area is 122 Å². The summed E-state index contributed by atoms with van der Waals surface area (Å²) in [4.78, 5) is 4.40. The average Bonchev–Trinajstić information content (AvgIpc) is 2.96. The van der Waals surface area contributed by atoms with E-state index in [4.69, 9.17) is 15.0 Å². The van der Waals surface area contributed by atoms with E-state index >= 15 is 0 Å². The van der Waals surface area contributed by atoms with Crippen molar-refractivity contribution in [1.82, 2.24) is 10.1 Å². The van der Waals surface area contributed by atoms with Crippen molar-refractivity contribution in [2.75, 3.05) is 12.8 Å². The van der Waals surface area contributed by atoms with E-state index in [-0.39, 0.29) is 0 Å². The largest absolute Gasteiger partial charge is 0.496 e. The Balaban J connectivity index is 1.85. The normalized spacial score (nSPS) is 10.5. The van der Waals surface area contributed by atoms with Gasteiger partial charge < -0.3 is 15.0 Å². The molecule has 0 aliphatic carbocycles. The summed E-state index contributed by atoms with van der Waals surface area (Å²) in [5, 5.41) is 4.00. The van der Waals surface area contributed by atoms with E-state index in [0.717, 1.165) is 16.9 Å². The van der Waals surface area contributed by atoms with Crippen LogP contribution in [0.15, 0.2) is 53.1 Å². The highest BCUT2D eigenvalue weighted by molar-refractivity contribution is 5.60. The summed E-state index contributed by atoms with van der Waals surface area (Å²) in [6.45, 7) is 0. The Hall–Kier alpha value is -2.82. The first-order valence-electron chi connectivity index (χ1n) is 6.56. The van der Waals surface area contributed by atoms with E-state index in [1.165, 1.54) is 0 Å². The summed E-state index contributed by atoms with van der Waals surface area (Å²) < 4.78 is 10.6. The van der Waals surface area contributed by atoms with Crippen LogP contribution in [0.2, 0.25) is 0 Å². The number of hydrogen-bond donors (Lipinski definition) is 1. The first-order chi connectivity index (χ1) is 10.3. The Morgan fingerprint density at radius 2 is 2.00 bits per heavy atom. The van der Waals surface area contributed by atoms with E-state index in [1.54, 1.807) is 7.11 Å². The monoisotopic (exact) mass is 281 g/mol. The van der Waals surface area contributed by atoms with Crippen LogP contribution in [0.5, 0.6) is 5.75 Å². The van der Waals surface area contributed by atoms with Crippen LogP contribution < -0.4 is 10.5 Å². The topological polar surface area (TPSA) is 74.2 Å². The third-order valence-electron chi connectivity index (χ3n) is 3.15. The molecule has 5 nitrogen and oxygen atoms in total. The van der Waals surface area contributed by atoms with Crippen molar-refractivity contribution in [2.45, 2.75) is 6.42 Å². The summed E-state index contributed by atoms with van der Waals surface area (Å²) >= 11 is 0. The van der Waals surface area contributed by atoms with Gasteiger partial charge in [-0.25, -0.2) is 0 Å². The smallest absolute Gasteiger partial charge is 0.231 e. The van der Waals surface area contributed by atoms with Crippen molar-refractivity contribution in [2.24, 2.45) is 0 Å². The maximum atomic E-state index is 5.76. The molecule has 0 bridgehead atoms. The summed E-state index contributed by atoms with van der Waals surface area (Å²) in [5.41, 5.74) is 8.27. The van der Waals surface area contributed by atoms with E-state index in [9.17, 15) is 0 Å². The van der Waals surface area contributed by atoms with Crippen molar-refractivity contribution in [3.8, 4) is 17.1 Å². The molecule has 0 aliphatic heterocycles. The predicted octanol–water partition coefficient (Wildman–Crippen LogP) is 2.92. The first kappa shape index (κ1) is 13.2. The highest BCUT2D eigenvalue weighted by Gasteiger charge is 2.11. The molecule has 0 amide bonds. The van der Waals surface area contributed by atoms with Gasteiger partial charge in [-0.15, -0.1) is 0 Å². The number of nitrogens with two attached hydrogens (primary N) is 1. The van der Waals surface area contributed by atoms with Crippen LogP contribution in [0.25, 0.3) is 11.4 Å². The summed E-state index contributed by atoms with van der Waals surface area (Å²) in [6.07, 6.45) is 0.527. The fourth-order valence-corrected chi connectivity index (χ4v) is 2.13. The molecule has 2 N–H and O–H groups in total.